The summed E-state index contributed by atoms with van der Waals surface area (Å²) in [6.07, 6.45) is 0. The van der Waals surface area contributed by atoms with Crippen molar-refractivity contribution in [1.82, 2.24) is 0 Å². The van der Waals surface area contributed by atoms with Gasteiger partial charge in [-0.1, -0.05) is 13.0 Å². The van der Waals surface area contributed by atoms with Crippen LogP contribution in [0.3, 0.4) is 0 Å². The minimum absolute atomic E-state index is 0.990. The molecule has 14 heavy (non-hydrogen) atoms. The van der Waals surface area contributed by atoms with Gasteiger partial charge in [0.25, 0.3) is 0 Å². The lowest BCUT2D eigenvalue weighted by Gasteiger charge is -2.16. The first-order valence-corrected chi connectivity index (χ1v) is 5.59. The number of anilines is 1. The molecule has 0 aliphatic carbocycles. The molecule has 0 aliphatic heterocycles. The highest BCUT2D eigenvalue weighted by Crippen LogP contribution is 2.36. The maximum atomic E-state index is 4.10. The van der Waals surface area contributed by atoms with E-state index < -0.39 is 0 Å². The molecular weight excluding hydrogens is 192 g/mol. The fourth-order valence-corrected chi connectivity index (χ4v) is 2.09. The number of aliphatic imine (C=N–C) groups is 1. The van der Waals surface area contributed by atoms with Gasteiger partial charge in [0, 0.05) is 19.0 Å². The Morgan fingerprint density at radius 1 is 1.43 bits per heavy atom. The molecule has 0 aromatic heterocycles. The van der Waals surface area contributed by atoms with Gasteiger partial charge in [-0.25, -0.2) is 0 Å². The van der Waals surface area contributed by atoms with Crippen molar-refractivity contribution in [3.63, 3.8) is 0 Å². The molecule has 0 amide bonds. The van der Waals surface area contributed by atoms with Crippen molar-refractivity contribution in [2.75, 3.05) is 24.7 Å². The van der Waals surface area contributed by atoms with E-state index in [1.165, 1.54) is 4.90 Å². The third kappa shape index (κ3) is 2.29. The third-order valence-electron chi connectivity index (χ3n) is 1.92. The zero-order chi connectivity index (χ0) is 10.6. The van der Waals surface area contributed by atoms with E-state index in [-0.39, 0.29) is 0 Å². The summed E-state index contributed by atoms with van der Waals surface area (Å²) in [5.74, 6) is 1.05. The Labute approximate surface area is 90.0 Å². The van der Waals surface area contributed by atoms with Crippen molar-refractivity contribution >= 4 is 29.9 Å². The molecular formula is C11H16N2S. The molecule has 2 nitrogen and oxygen atoms in total. The van der Waals surface area contributed by atoms with E-state index in [4.69, 9.17) is 0 Å². The number of benzene rings is 1. The van der Waals surface area contributed by atoms with Crippen molar-refractivity contribution in [1.29, 1.82) is 0 Å². The van der Waals surface area contributed by atoms with Gasteiger partial charge in [0.05, 0.1) is 11.4 Å². The topological polar surface area (TPSA) is 15.6 Å². The summed E-state index contributed by atoms with van der Waals surface area (Å²) < 4.78 is 0. The minimum Gasteiger partial charge on any atom is -0.376 e. The number of para-hydroxylation sites is 1. The summed E-state index contributed by atoms with van der Waals surface area (Å²) in [4.78, 5) is 7.36. The van der Waals surface area contributed by atoms with E-state index in [1.807, 2.05) is 14.1 Å². The lowest BCUT2D eigenvalue weighted by atomic mass is 10.2. The van der Waals surface area contributed by atoms with E-state index in [9.17, 15) is 0 Å². The predicted molar refractivity (Wildman–Crippen MR) is 66.4 cm³/mol. The standard InChI is InChI=1S/C11H16N2S/c1-5-14-10-8-6-7-9(13(3)4)11(10)12-2/h6-8H,2,5H2,1,3-4H3. The van der Waals surface area contributed by atoms with Crippen LogP contribution in [0.25, 0.3) is 0 Å². The van der Waals surface area contributed by atoms with Crippen LogP contribution < -0.4 is 4.90 Å². The van der Waals surface area contributed by atoms with Gasteiger partial charge < -0.3 is 4.90 Å². The molecule has 1 aromatic carbocycles. The second-order valence-corrected chi connectivity index (χ2v) is 4.42. The van der Waals surface area contributed by atoms with Crippen molar-refractivity contribution < 1.29 is 0 Å². The van der Waals surface area contributed by atoms with Gasteiger partial charge in [-0.05, 0) is 24.6 Å². The van der Waals surface area contributed by atoms with Crippen LogP contribution in [0.15, 0.2) is 28.1 Å². The van der Waals surface area contributed by atoms with Crippen molar-refractivity contribution in [3.8, 4) is 0 Å². The third-order valence-corrected chi connectivity index (χ3v) is 2.85. The van der Waals surface area contributed by atoms with Crippen LogP contribution in [0.2, 0.25) is 0 Å². The van der Waals surface area contributed by atoms with Gasteiger partial charge in [-0.15, -0.1) is 11.8 Å². The highest BCUT2D eigenvalue weighted by Gasteiger charge is 2.07. The highest BCUT2D eigenvalue weighted by atomic mass is 32.2. The Bertz CT molecular complexity index is 321. The maximum Gasteiger partial charge on any atom is 0.0991 e. The van der Waals surface area contributed by atoms with Gasteiger partial charge in [0.1, 0.15) is 0 Å². The average Bonchev–Trinajstić information content (AvgIpc) is 2.18. The summed E-state index contributed by atoms with van der Waals surface area (Å²) in [6.45, 7) is 5.77. The highest BCUT2D eigenvalue weighted by molar-refractivity contribution is 7.99. The Balaban J connectivity index is 3.17. The Morgan fingerprint density at radius 2 is 2.14 bits per heavy atom. The smallest absolute Gasteiger partial charge is 0.0991 e. The average molecular weight is 208 g/mol. The van der Waals surface area contributed by atoms with Gasteiger partial charge in [-0.2, -0.15) is 0 Å². The number of hydrogen-bond acceptors (Lipinski definition) is 3. The molecule has 0 bridgehead atoms. The van der Waals surface area contributed by atoms with Gasteiger partial charge in [-0.3, -0.25) is 4.99 Å². The molecule has 0 saturated heterocycles. The summed E-state index contributed by atoms with van der Waals surface area (Å²) in [6, 6.07) is 6.21. The second kappa shape index (κ2) is 5.05. The molecule has 1 aromatic rings. The maximum absolute atomic E-state index is 4.10. The van der Waals surface area contributed by atoms with E-state index in [0.29, 0.717) is 0 Å². The van der Waals surface area contributed by atoms with Crippen molar-refractivity contribution in [2.24, 2.45) is 4.99 Å². The van der Waals surface area contributed by atoms with Crippen molar-refractivity contribution in [3.05, 3.63) is 18.2 Å². The predicted octanol–water partition coefficient (Wildman–Crippen LogP) is 3.20. The number of rotatable bonds is 4. The van der Waals surface area contributed by atoms with E-state index in [0.717, 1.165) is 17.1 Å². The van der Waals surface area contributed by atoms with Gasteiger partial charge >= 0.3 is 0 Å². The first-order chi connectivity index (χ1) is 6.70. The quantitative estimate of drug-likeness (QED) is 0.558. The molecule has 1 rings (SSSR count). The summed E-state index contributed by atoms with van der Waals surface area (Å²) >= 11 is 1.80. The number of nitrogens with zero attached hydrogens (tertiary/aromatic N) is 2. The largest absolute Gasteiger partial charge is 0.376 e. The fraction of sp³-hybridized carbons (Fsp3) is 0.364. The fourth-order valence-electron chi connectivity index (χ4n) is 1.30. The SMILES string of the molecule is C=Nc1c(SCC)cccc1N(C)C. The number of thioether (sulfide) groups is 1. The molecule has 76 valence electrons. The lowest BCUT2D eigenvalue weighted by molar-refractivity contribution is 1.12. The van der Waals surface area contributed by atoms with Crippen LogP contribution in [0.5, 0.6) is 0 Å². The monoisotopic (exact) mass is 208 g/mol. The molecule has 0 aliphatic rings. The molecule has 0 fully saturated rings. The number of hydrogen-bond donors (Lipinski definition) is 0. The van der Waals surface area contributed by atoms with Crippen molar-refractivity contribution in [2.45, 2.75) is 11.8 Å². The molecule has 0 spiro atoms. The zero-order valence-electron chi connectivity index (χ0n) is 8.95. The second-order valence-electron chi connectivity index (χ2n) is 3.11. The first kappa shape index (κ1) is 11.1. The van der Waals surface area contributed by atoms with Crippen LogP contribution in [-0.4, -0.2) is 26.6 Å². The first-order valence-electron chi connectivity index (χ1n) is 4.60. The molecule has 0 atom stereocenters. The molecule has 0 saturated carbocycles. The molecule has 0 heterocycles. The molecule has 0 unspecified atom stereocenters. The van der Waals surface area contributed by atoms with Crippen LogP contribution in [0, 0.1) is 0 Å². The molecule has 0 radical (unpaired) electrons. The zero-order valence-corrected chi connectivity index (χ0v) is 9.77. The van der Waals surface area contributed by atoms with Crippen LogP contribution >= 0.6 is 11.8 Å². The van der Waals surface area contributed by atoms with E-state index >= 15 is 0 Å². The van der Waals surface area contributed by atoms with Crippen LogP contribution in [0.4, 0.5) is 11.4 Å². The Hall–Kier alpha value is -0.960. The Kier molecular flexibility index (Phi) is 4.01. The van der Waals surface area contributed by atoms with E-state index in [1.54, 1.807) is 11.8 Å². The molecule has 0 N–H and O–H groups in total. The van der Waals surface area contributed by atoms with Crippen LogP contribution in [-0.2, 0) is 0 Å². The molecule has 3 heteroatoms. The van der Waals surface area contributed by atoms with Crippen LogP contribution in [0.1, 0.15) is 6.92 Å². The minimum atomic E-state index is 0.990. The summed E-state index contributed by atoms with van der Waals surface area (Å²) in [5.41, 5.74) is 2.11. The Morgan fingerprint density at radius 3 is 2.64 bits per heavy atom. The van der Waals surface area contributed by atoms with Gasteiger partial charge in [0.2, 0.25) is 0 Å². The van der Waals surface area contributed by atoms with E-state index in [2.05, 4.69) is 41.7 Å². The normalized spacial score (nSPS) is 9.93. The van der Waals surface area contributed by atoms with Gasteiger partial charge in [0.15, 0.2) is 0 Å². The summed E-state index contributed by atoms with van der Waals surface area (Å²) in [7, 11) is 4.04. The summed E-state index contributed by atoms with van der Waals surface area (Å²) in [5, 5.41) is 0. The lowest BCUT2D eigenvalue weighted by Crippen LogP contribution is -2.08.